The molecule has 0 radical (unpaired) electrons. The molecular weight excluding hydrogens is 462 g/mol. The normalized spacial score (nSPS) is 18.6. The minimum Gasteiger partial charge on any atom is -0.437 e. The van der Waals surface area contributed by atoms with Crippen molar-refractivity contribution in [1.29, 1.82) is 0 Å². The minimum absolute atomic E-state index is 0.310. The van der Waals surface area contributed by atoms with E-state index in [9.17, 15) is 14.4 Å². The maximum atomic E-state index is 12.7. The van der Waals surface area contributed by atoms with Crippen LogP contribution in [0.5, 0.6) is 11.6 Å². The molecule has 1 spiro atoms. The molecular formula is C25H23N7O4. The van der Waals surface area contributed by atoms with Crippen molar-refractivity contribution >= 4 is 35.0 Å². The number of amides is 4. The van der Waals surface area contributed by atoms with Gasteiger partial charge in [-0.15, -0.1) is 5.10 Å². The average molecular weight is 486 g/mol. The largest absolute Gasteiger partial charge is 0.437 e. The molecule has 3 aliphatic heterocycles. The molecule has 0 atom stereocenters. The lowest BCUT2D eigenvalue weighted by Gasteiger charge is -2.38. The van der Waals surface area contributed by atoms with Crippen LogP contribution in [0.2, 0.25) is 0 Å². The highest BCUT2D eigenvalue weighted by atomic mass is 16.5. The maximum absolute atomic E-state index is 12.7. The number of aryl methyl sites for hydroxylation is 1. The molecule has 3 aromatic rings. The maximum Gasteiger partial charge on any atom is 0.328 e. The number of nitrogens with one attached hydrogen (secondary N) is 2. The van der Waals surface area contributed by atoms with E-state index >= 15 is 0 Å². The lowest BCUT2D eigenvalue weighted by atomic mass is 9.92. The fourth-order valence-electron chi connectivity index (χ4n) is 5.26. The van der Waals surface area contributed by atoms with Crippen molar-refractivity contribution < 1.29 is 19.1 Å². The van der Waals surface area contributed by atoms with Crippen LogP contribution in [0.25, 0.3) is 0 Å². The van der Waals surface area contributed by atoms with E-state index in [4.69, 9.17) is 4.74 Å². The van der Waals surface area contributed by atoms with Crippen LogP contribution in [0.1, 0.15) is 24.8 Å². The Morgan fingerprint density at radius 3 is 2.56 bits per heavy atom. The van der Waals surface area contributed by atoms with E-state index in [0.717, 1.165) is 36.5 Å². The van der Waals surface area contributed by atoms with E-state index in [1.807, 2.05) is 24.3 Å². The van der Waals surface area contributed by atoms with Crippen LogP contribution in [0.4, 0.5) is 22.0 Å². The third-order valence-corrected chi connectivity index (χ3v) is 6.85. The van der Waals surface area contributed by atoms with Crippen molar-refractivity contribution in [3.63, 3.8) is 0 Å². The molecule has 2 N–H and O–H groups in total. The van der Waals surface area contributed by atoms with Crippen molar-refractivity contribution in [2.24, 2.45) is 0 Å². The Hall–Kier alpha value is -4.54. The van der Waals surface area contributed by atoms with Gasteiger partial charge in [0.2, 0.25) is 5.88 Å². The first-order chi connectivity index (χ1) is 17.6. The molecule has 2 saturated heterocycles. The van der Waals surface area contributed by atoms with Crippen LogP contribution in [0.15, 0.2) is 54.9 Å². The van der Waals surface area contributed by atoms with Crippen LogP contribution in [0, 0.1) is 0 Å². The predicted molar refractivity (Wildman–Crippen MR) is 129 cm³/mol. The molecule has 5 heterocycles. The Balaban J connectivity index is 1.28. The topological polar surface area (TPSA) is 130 Å². The number of urea groups is 1. The van der Waals surface area contributed by atoms with Gasteiger partial charge in [0.05, 0.1) is 17.6 Å². The van der Waals surface area contributed by atoms with Crippen molar-refractivity contribution in [3.05, 3.63) is 60.4 Å². The monoisotopic (exact) mass is 485 g/mol. The molecule has 0 unspecified atom stereocenters. The second kappa shape index (κ2) is 8.59. The van der Waals surface area contributed by atoms with Crippen LogP contribution < -0.4 is 25.2 Å². The number of para-hydroxylation sites is 1. The lowest BCUT2D eigenvalue weighted by molar-refractivity contribution is -0.137. The summed E-state index contributed by atoms with van der Waals surface area (Å²) >= 11 is 0. The molecule has 11 nitrogen and oxygen atoms in total. The van der Waals surface area contributed by atoms with E-state index in [0.29, 0.717) is 36.7 Å². The second-order valence-electron chi connectivity index (χ2n) is 8.91. The quantitative estimate of drug-likeness (QED) is 0.535. The van der Waals surface area contributed by atoms with Crippen molar-refractivity contribution in [2.75, 3.05) is 22.9 Å². The molecule has 1 aromatic carbocycles. The number of ether oxygens (including phenoxy) is 1. The first-order valence-corrected chi connectivity index (χ1v) is 11.8. The fraction of sp³-hybridized carbons (Fsp3) is 0.280. The Kier molecular flexibility index (Phi) is 5.24. The molecule has 0 bridgehead atoms. The number of nitrogens with zero attached hydrogens (tertiary/aromatic N) is 5. The number of carbonyl (C=O) groups excluding carboxylic acids is 3. The average Bonchev–Trinajstić information content (AvgIpc) is 3.35. The summed E-state index contributed by atoms with van der Waals surface area (Å²) in [7, 11) is 0. The number of hydrogen-bond donors (Lipinski definition) is 2. The Morgan fingerprint density at radius 1 is 0.944 bits per heavy atom. The van der Waals surface area contributed by atoms with Gasteiger partial charge in [-0.1, -0.05) is 12.1 Å². The molecule has 0 saturated carbocycles. The van der Waals surface area contributed by atoms with Gasteiger partial charge >= 0.3 is 6.03 Å². The molecule has 182 valence electrons. The summed E-state index contributed by atoms with van der Waals surface area (Å²) in [6, 6.07) is 12.4. The van der Waals surface area contributed by atoms with Crippen molar-refractivity contribution in [3.8, 4) is 11.6 Å². The number of rotatable bonds is 4. The summed E-state index contributed by atoms with van der Waals surface area (Å²) in [5.74, 6) is 0.543. The number of aromatic nitrogens is 3. The molecule has 36 heavy (non-hydrogen) atoms. The summed E-state index contributed by atoms with van der Waals surface area (Å²) in [6.07, 6.45) is 6.08. The number of anilines is 3. The van der Waals surface area contributed by atoms with E-state index in [-0.39, 0.29) is 0 Å². The Bertz CT molecular complexity index is 1330. The first kappa shape index (κ1) is 22.0. The highest BCUT2D eigenvalue weighted by molar-refractivity contribution is 6.24. The van der Waals surface area contributed by atoms with Crippen molar-refractivity contribution in [1.82, 2.24) is 25.8 Å². The first-order valence-electron chi connectivity index (χ1n) is 11.8. The third-order valence-electron chi connectivity index (χ3n) is 6.85. The number of fused-ring (bicyclic) bond motifs is 1. The number of barbiturate groups is 1. The van der Waals surface area contributed by atoms with Gasteiger partial charge in [0.25, 0.3) is 11.8 Å². The second-order valence-corrected chi connectivity index (χ2v) is 8.91. The summed E-state index contributed by atoms with van der Waals surface area (Å²) in [5, 5.41) is 12.7. The number of carbonyl (C=O) groups is 3. The van der Waals surface area contributed by atoms with Crippen LogP contribution in [0.3, 0.4) is 0 Å². The van der Waals surface area contributed by atoms with Gasteiger partial charge in [-0.25, -0.2) is 9.78 Å². The molecule has 4 amide bonds. The molecule has 3 aliphatic rings. The van der Waals surface area contributed by atoms with Crippen LogP contribution in [-0.2, 0) is 16.0 Å². The molecule has 0 aliphatic carbocycles. The summed E-state index contributed by atoms with van der Waals surface area (Å²) in [5.41, 5.74) is 1.22. The van der Waals surface area contributed by atoms with Gasteiger partial charge in [-0.2, -0.15) is 5.10 Å². The summed E-state index contributed by atoms with van der Waals surface area (Å²) in [4.78, 5) is 45.3. The van der Waals surface area contributed by atoms with Crippen molar-refractivity contribution in [2.45, 2.75) is 31.2 Å². The van der Waals surface area contributed by atoms with Crippen LogP contribution in [-0.4, -0.2) is 51.7 Å². The third kappa shape index (κ3) is 3.51. The zero-order valence-corrected chi connectivity index (χ0v) is 19.3. The standard InChI is InChI=1S/C25H23N7O4/c33-22-25(23(34)29-24(35)28-22)11-4-14-32(25)17-9-10-20(26-15-17)36-18-7-1-5-16-6-3-13-31(21(16)18)19-8-2-12-27-30-19/h1-2,5,7-10,12,15H,3-4,6,11,13-14H2,(H2,28,29,33,34,35). The van der Waals surface area contributed by atoms with Gasteiger partial charge in [0.1, 0.15) is 0 Å². The molecule has 11 heteroatoms. The smallest absolute Gasteiger partial charge is 0.328 e. The molecule has 2 fully saturated rings. The number of benzene rings is 1. The van der Waals surface area contributed by atoms with E-state index in [2.05, 4.69) is 36.8 Å². The Morgan fingerprint density at radius 2 is 1.81 bits per heavy atom. The number of imide groups is 2. The van der Waals surface area contributed by atoms with Gasteiger partial charge in [-0.05, 0) is 55.5 Å². The van der Waals surface area contributed by atoms with E-state index < -0.39 is 23.4 Å². The zero-order chi connectivity index (χ0) is 24.7. The lowest BCUT2D eigenvalue weighted by Crippen LogP contribution is -2.71. The predicted octanol–water partition coefficient (Wildman–Crippen LogP) is 2.45. The van der Waals surface area contributed by atoms with Gasteiger partial charge in [0, 0.05) is 25.4 Å². The van der Waals surface area contributed by atoms with Gasteiger partial charge in [0.15, 0.2) is 17.1 Å². The fourth-order valence-corrected chi connectivity index (χ4v) is 5.26. The van der Waals surface area contributed by atoms with Gasteiger partial charge < -0.3 is 14.5 Å². The minimum atomic E-state index is -1.46. The van der Waals surface area contributed by atoms with E-state index in [1.54, 1.807) is 29.4 Å². The summed E-state index contributed by atoms with van der Waals surface area (Å²) in [6.45, 7) is 1.28. The molecule has 2 aromatic heterocycles. The Labute approximate surface area is 206 Å². The highest BCUT2D eigenvalue weighted by Crippen LogP contribution is 2.42. The SMILES string of the molecule is O=C1NC(=O)C2(CCCN2c2ccc(Oc3cccc4c3N(c3cccnn3)CCC4)nc2)C(=O)N1. The summed E-state index contributed by atoms with van der Waals surface area (Å²) < 4.78 is 6.22. The van der Waals surface area contributed by atoms with E-state index in [1.165, 1.54) is 0 Å². The molecule has 6 rings (SSSR count). The highest BCUT2D eigenvalue weighted by Gasteiger charge is 2.57. The van der Waals surface area contributed by atoms with Gasteiger partial charge in [-0.3, -0.25) is 20.2 Å². The number of hydrogen-bond acceptors (Lipinski definition) is 9. The van der Waals surface area contributed by atoms with Crippen LogP contribution >= 0.6 is 0 Å². The number of pyridine rings is 1. The zero-order valence-electron chi connectivity index (χ0n) is 19.3.